The summed E-state index contributed by atoms with van der Waals surface area (Å²) in [4.78, 5) is 12.7. The Balaban J connectivity index is 1.28. The quantitative estimate of drug-likeness (QED) is 0.429. The van der Waals surface area contributed by atoms with Crippen molar-refractivity contribution in [3.8, 4) is 5.75 Å². The highest BCUT2D eigenvalue weighted by Crippen LogP contribution is 2.29. The summed E-state index contributed by atoms with van der Waals surface area (Å²) in [5.41, 5.74) is 0.378. The number of benzene rings is 3. The van der Waals surface area contributed by atoms with Gasteiger partial charge in [0.1, 0.15) is 12.4 Å². The molecule has 180 valence electrons. The third kappa shape index (κ3) is 6.02. The Kier molecular flexibility index (Phi) is 7.99. The first-order valence-electron chi connectivity index (χ1n) is 11.1. The van der Waals surface area contributed by atoms with Crippen molar-refractivity contribution in [2.45, 2.75) is 18.6 Å². The molecule has 0 bridgehead atoms. The topological polar surface area (TPSA) is 75.7 Å². The van der Waals surface area contributed by atoms with Crippen molar-refractivity contribution in [3.63, 3.8) is 0 Å². The molecule has 4 rings (SSSR count). The van der Waals surface area contributed by atoms with Crippen LogP contribution in [0.3, 0.4) is 0 Å². The number of ether oxygens (including phenoxy) is 1. The van der Waals surface area contributed by atoms with Crippen LogP contribution in [0.2, 0.25) is 10.0 Å². The van der Waals surface area contributed by atoms with E-state index >= 15 is 0 Å². The first kappa shape index (κ1) is 24.8. The lowest BCUT2D eigenvalue weighted by Gasteiger charge is -2.31. The number of fused-ring (bicyclic) bond motifs is 1. The van der Waals surface area contributed by atoms with E-state index < -0.39 is 15.9 Å². The zero-order valence-electron chi connectivity index (χ0n) is 18.5. The molecule has 3 aromatic carbocycles. The summed E-state index contributed by atoms with van der Waals surface area (Å²) in [7, 11) is -3.67. The third-order valence-corrected chi connectivity index (χ3v) is 8.41. The average Bonchev–Trinajstić information content (AvgIpc) is 2.84. The van der Waals surface area contributed by atoms with Crippen LogP contribution in [-0.4, -0.2) is 44.9 Å². The van der Waals surface area contributed by atoms with Gasteiger partial charge in [0.15, 0.2) is 0 Å². The summed E-state index contributed by atoms with van der Waals surface area (Å²) in [5.74, 6) is -0.135. The molecule has 0 aromatic heterocycles. The van der Waals surface area contributed by atoms with E-state index in [0.29, 0.717) is 48.1 Å². The molecule has 1 aliphatic rings. The molecule has 1 amide bonds. The van der Waals surface area contributed by atoms with Crippen molar-refractivity contribution >= 4 is 49.9 Å². The van der Waals surface area contributed by atoms with Gasteiger partial charge in [-0.1, -0.05) is 59.6 Å². The minimum atomic E-state index is -3.67. The Labute approximate surface area is 209 Å². The van der Waals surface area contributed by atoms with Crippen molar-refractivity contribution in [2.75, 3.05) is 26.2 Å². The molecule has 3 aromatic rings. The second kappa shape index (κ2) is 11.0. The summed E-state index contributed by atoms with van der Waals surface area (Å²) < 4.78 is 33.1. The summed E-state index contributed by atoms with van der Waals surface area (Å²) in [6.07, 6.45) is 1.25. The van der Waals surface area contributed by atoms with Gasteiger partial charge in [-0.2, -0.15) is 0 Å². The zero-order valence-corrected chi connectivity index (χ0v) is 20.9. The SMILES string of the molecule is O=C(NCCOc1ccc2ccccc2c1)[C@H]1CCCN(S(=O)(=O)Cc2c(Cl)cccc2Cl)C1. The Morgan fingerprint density at radius 3 is 2.53 bits per heavy atom. The number of nitrogens with one attached hydrogen (secondary N) is 1. The highest BCUT2D eigenvalue weighted by Gasteiger charge is 2.33. The Bertz CT molecular complexity index is 1260. The molecule has 9 heteroatoms. The fourth-order valence-corrected chi connectivity index (χ4v) is 6.46. The molecular formula is C25H26Cl2N2O4S. The van der Waals surface area contributed by atoms with E-state index in [2.05, 4.69) is 5.32 Å². The number of nitrogens with zero attached hydrogens (tertiary/aromatic N) is 1. The van der Waals surface area contributed by atoms with Crippen molar-refractivity contribution in [3.05, 3.63) is 76.3 Å². The minimum absolute atomic E-state index is 0.141. The van der Waals surface area contributed by atoms with E-state index in [1.165, 1.54) is 4.31 Å². The lowest BCUT2D eigenvalue weighted by Crippen LogP contribution is -2.46. The summed E-state index contributed by atoms with van der Waals surface area (Å²) >= 11 is 12.3. The molecule has 0 aliphatic carbocycles. The monoisotopic (exact) mass is 520 g/mol. The van der Waals surface area contributed by atoms with Gasteiger partial charge < -0.3 is 10.1 Å². The van der Waals surface area contributed by atoms with E-state index in [1.807, 2.05) is 42.5 Å². The molecule has 1 fully saturated rings. The van der Waals surface area contributed by atoms with Gasteiger partial charge in [-0.3, -0.25) is 4.79 Å². The van der Waals surface area contributed by atoms with Crippen molar-refractivity contribution in [1.82, 2.24) is 9.62 Å². The molecule has 0 radical (unpaired) electrons. The minimum Gasteiger partial charge on any atom is -0.492 e. The molecule has 1 heterocycles. The van der Waals surface area contributed by atoms with Gasteiger partial charge in [0, 0.05) is 28.7 Å². The Morgan fingerprint density at radius 1 is 1.03 bits per heavy atom. The van der Waals surface area contributed by atoms with E-state index in [1.54, 1.807) is 18.2 Å². The van der Waals surface area contributed by atoms with Crippen molar-refractivity contribution < 1.29 is 17.9 Å². The fourth-order valence-electron chi connectivity index (χ4n) is 4.10. The van der Waals surface area contributed by atoms with Gasteiger partial charge in [-0.05, 0) is 47.9 Å². The van der Waals surface area contributed by atoms with Crippen LogP contribution in [0.25, 0.3) is 10.8 Å². The largest absolute Gasteiger partial charge is 0.492 e. The third-order valence-electron chi connectivity index (χ3n) is 5.93. The van der Waals surface area contributed by atoms with Crippen LogP contribution >= 0.6 is 23.2 Å². The molecule has 1 atom stereocenters. The lowest BCUT2D eigenvalue weighted by atomic mass is 9.99. The molecule has 0 unspecified atom stereocenters. The average molecular weight is 521 g/mol. The van der Waals surface area contributed by atoms with Crippen LogP contribution in [-0.2, 0) is 20.6 Å². The maximum Gasteiger partial charge on any atom is 0.224 e. The number of hydrogen-bond donors (Lipinski definition) is 1. The maximum atomic E-state index is 13.0. The number of hydrogen-bond acceptors (Lipinski definition) is 4. The van der Waals surface area contributed by atoms with Gasteiger partial charge in [0.25, 0.3) is 0 Å². The summed E-state index contributed by atoms with van der Waals surface area (Å²) in [5, 5.41) is 5.72. The normalized spacial score (nSPS) is 16.9. The van der Waals surface area contributed by atoms with Gasteiger partial charge >= 0.3 is 0 Å². The standard InChI is InChI=1S/C25H26Cl2N2O4S/c26-23-8-3-9-24(27)22(23)17-34(31,32)29-13-4-7-20(16-29)25(30)28-12-14-33-21-11-10-18-5-1-2-6-19(18)15-21/h1-3,5-6,8-11,15,20H,4,7,12-14,16-17H2,(H,28,30)/t20-/m0/s1. The number of halogens is 2. The van der Waals surface area contributed by atoms with Crippen molar-refractivity contribution in [1.29, 1.82) is 0 Å². The molecule has 0 spiro atoms. The van der Waals surface area contributed by atoms with Gasteiger partial charge in [0.05, 0.1) is 18.2 Å². The van der Waals surface area contributed by atoms with Crippen LogP contribution in [0.5, 0.6) is 5.75 Å². The number of rotatable bonds is 8. The fraction of sp³-hybridized carbons (Fsp3) is 0.320. The van der Waals surface area contributed by atoms with Crippen LogP contribution in [0.4, 0.5) is 0 Å². The molecule has 1 aliphatic heterocycles. The molecular weight excluding hydrogens is 495 g/mol. The first-order valence-corrected chi connectivity index (χ1v) is 13.5. The van der Waals surface area contributed by atoms with Crippen LogP contribution < -0.4 is 10.1 Å². The maximum absolute atomic E-state index is 13.0. The summed E-state index contributed by atoms with van der Waals surface area (Å²) in [6, 6.07) is 18.8. The number of sulfonamides is 1. The van der Waals surface area contributed by atoms with Crippen LogP contribution in [0, 0.1) is 5.92 Å². The molecule has 0 saturated carbocycles. The second-order valence-corrected chi connectivity index (χ2v) is 11.1. The Hall–Kier alpha value is -2.32. The van der Waals surface area contributed by atoms with E-state index in [-0.39, 0.29) is 18.2 Å². The number of carbonyl (C=O) groups is 1. The van der Waals surface area contributed by atoms with E-state index in [0.717, 1.165) is 16.5 Å². The predicted octanol–water partition coefficient (Wildman–Crippen LogP) is 4.88. The van der Waals surface area contributed by atoms with Crippen molar-refractivity contribution in [2.24, 2.45) is 5.92 Å². The van der Waals surface area contributed by atoms with E-state index in [4.69, 9.17) is 27.9 Å². The smallest absolute Gasteiger partial charge is 0.224 e. The molecule has 6 nitrogen and oxygen atoms in total. The van der Waals surface area contributed by atoms with Gasteiger partial charge in [0.2, 0.25) is 15.9 Å². The van der Waals surface area contributed by atoms with Gasteiger partial charge in [-0.25, -0.2) is 12.7 Å². The number of amides is 1. The predicted molar refractivity (Wildman–Crippen MR) is 136 cm³/mol. The number of carbonyl (C=O) groups excluding carboxylic acids is 1. The highest BCUT2D eigenvalue weighted by molar-refractivity contribution is 7.88. The second-order valence-electron chi connectivity index (χ2n) is 8.30. The van der Waals surface area contributed by atoms with Gasteiger partial charge in [-0.15, -0.1) is 0 Å². The lowest BCUT2D eigenvalue weighted by molar-refractivity contribution is -0.126. The first-order chi connectivity index (χ1) is 16.3. The molecule has 34 heavy (non-hydrogen) atoms. The van der Waals surface area contributed by atoms with Crippen LogP contribution in [0.15, 0.2) is 60.7 Å². The Morgan fingerprint density at radius 2 is 1.76 bits per heavy atom. The molecule has 1 N–H and O–H groups in total. The van der Waals surface area contributed by atoms with E-state index in [9.17, 15) is 13.2 Å². The van der Waals surface area contributed by atoms with Crippen LogP contribution in [0.1, 0.15) is 18.4 Å². The summed E-state index contributed by atoms with van der Waals surface area (Å²) in [6.45, 7) is 1.18. The zero-order chi connectivity index (χ0) is 24.1. The number of piperidine rings is 1. The molecule has 1 saturated heterocycles. The highest BCUT2D eigenvalue weighted by atomic mass is 35.5.